The summed E-state index contributed by atoms with van der Waals surface area (Å²) in [5.41, 5.74) is 0.857. The molecule has 106 valence electrons. The molecule has 0 unspecified atom stereocenters. The summed E-state index contributed by atoms with van der Waals surface area (Å²) >= 11 is 2.25. The first kappa shape index (κ1) is 16.4. The maximum absolute atomic E-state index is 11.7. The maximum Gasteiger partial charge on any atom is 0.238 e. The quantitative estimate of drug-likeness (QED) is 0.510. The highest BCUT2D eigenvalue weighted by atomic mass is 127. The van der Waals surface area contributed by atoms with Gasteiger partial charge in [0.1, 0.15) is 0 Å². The number of rotatable bonds is 9. The van der Waals surface area contributed by atoms with Gasteiger partial charge >= 0.3 is 0 Å². The van der Waals surface area contributed by atoms with Crippen molar-refractivity contribution in [2.24, 2.45) is 0 Å². The fourth-order valence-corrected chi connectivity index (χ4v) is 2.15. The second-order valence-corrected chi connectivity index (χ2v) is 5.89. The summed E-state index contributed by atoms with van der Waals surface area (Å²) in [4.78, 5) is 11.7. The molecule has 1 aromatic carbocycles. The molecule has 0 heterocycles. The summed E-state index contributed by atoms with van der Waals surface area (Å²) in [5.74, 6) is 0.0229. The largest absolute Gasteiger partial charge is 0.325 e. The number of carbonyl (C=O) groups is 1. The van der Waals surface area contributed by atoms with Crippen LogP contribution in [0.5, 0.6) is 0 Å². The van der Waals surface area contributed by atoms with Gasteiger partial charge in [-0.2, -0.15) is 0 Å². The predicted octanol–water partition coefficient (Wildman–Crippen LogP) is 3.79. The first-order chi connectivity index (χ1) is 9.22. The van der Waals surface area contributed by atoms with Gasteiger partial charge in [0.2, 0.25) is 5.91 Å². The molecular formula is C15H23IN2O. The number of halogens is 1. The number of benzene rings is 1. The molecule has 0 bridgehead atoms. The van der Waals surface area contributed by atoms with Gasteiger partial charge in [0.05, 0.1) is 6.54 Å². The van der Waals surface area contributed by atoms with Crippen molar-refractivity contribution in [1.82, 2.24) is 5.32 Å². The Bertz CT molecular complexity index is 365. The fraction of sp³-hybridized carbons (Fsp3) is 0.533. The molecule has 19 heavy (non-hydrogen) atoms. The summed E-state index contributed by atoms with van der Waals surface area (Å²) < 4.78 is 1.17. The van der Waals surface area contributed by atoms with Crippen molar-refractivity contribution in [3.63, 3.8) is 0 Å². The van der Waals surface area contributed by atoms with Crippen molar-refractivity contribution >= 4 is 34.2 Å². The van der Waals surface area contributed by atoms with E-state index in [4.69, 9.17) is 0 Å². The Balaban J connectivity index is 2.06. The summed E-state index contributed by atoms with van der Waals surface area (Å²) in [6.07, 6.45) is 6.28. The Kier molecular flexibility index (Phi) is 8.82. The third kappa shape index (κ3) is 8.21. The molecule has 0 aliphatic carbocycles. The number of hydrogen-bond donors (Lipinski definition) is 2. The topological polar surface area (TPSA) is 41.1 Å². The van der Waals surface area contributed by atoms with Crippen LogP contribution in [0.15, 0.2) is 24.3 Å². The number of hydrogen-bond acceptors (Lipinski definition) is 2. The Hall–Kier alpha value is -0.620. The second-order valence-electron chi connectivity index (χ2n) is 4.65. The van der Waals surface area contributed by atoms with Crippen LogP contribution in [0.3, 0.4) is 0 Å². The highest BCUT2D eigenvalue weighted by Crippen LogP contribution is 2.10. The lowest BCUT2D eigenvalue weighted by molar-refractivity contribution is -0.115. The molecule has 1 aromatic rings. The molecule has 1 amide bonds. The SMILES string of the molecule is CCCCCCCNCC(=O)Nc1ccc(I)cc1. The van der Waals surface area contributed by atoms with Crippen LogP contribution < -0.4 is 10.6 Å². The Morgan fingerprint density at radius 1 is 1.11 bits per heavy atom. The van der Waals surface area contributed by atoms with Crippen molar-refractivity contribution < 1.29 is 4.79 Å². The zero-order chi connectivity index (χ0) is 13.9. The van der Waals surface area contributed by atoms with E-state index in [1.807, 2.05) is 24.3 Å². The van der Waals surface area contributed by atoms with E-state index in [2.05, 4.69) is 40.1 Å². The molecule has 0 saturated carbocycles. The molecule has 0 aromatic heterocycles. The Labute approximate surface area is 129 Å². The van der Waals surface area contributed by atoms with E-state index in [-0.39, 0.29) is 5.91 Å². The average molecular weight is 374 g/mol. The van der Waals surface area contributed by atoms with Crippen LogP contribution in [-0.2, 0) is 4.79 Å². The van der Waals surface area contributed by atoms with Gasteiger partial charge in [-0.05, 0) is 59.8 Å². The highest BCUT2D eigenvalue weighted by Gasteiger charge is 2.01. The Morgan fingerprint density at radius 3 is 2.47 bits per heavy atom. The van der Waals surface area contributed by atoms with E-state index >= 15 is 0 Å². The molecule has 0 atom stereocenters. The smallest absolute Gasteiger partial charge is 0.238 e. The van der Waals surface area contributed by atoms with Crippen LogP contribution in [0, 0.1) is 3.57 Å². The van der Waals surface area contributed by atoms with Crippen LogP contribution in [0.2, 0.25) is 0 Å². The Morgan fingerprint density at radius 2 is 1.79 bits per heavy atom. The van der Waals surface area contributed by atoms with Gasteiger partial charge in [-0.15, -0.1) is 0 Å². The van der Waals surface area contributed by atoms with Crippen molar-refractivity contribution in [3.8, 4) is 0 Å². The molecule has 0 saturated heterocycles. The minimum atomic E-state index is 0.0229. The molecule has 0 spiro atoms. The van der Waals surface area contributed by atoms with E-state index in [0.717, 1.165) is 18.7 Å². The minimum absolute atomic E-state index is 0.0229. The van der Waals surface area contributed by atoms with E-state index < -0.39 is 0 Å². The van der Waals surface area contributed by atoms with Crippen LogP contribution in [-0.4, -0.2) is 19.0 Å². The van der Waals surface area contributed by atoms with Crippen molar-refractivity contribution in [1.29, 1.82) is 0 Å². The van der Waals surface area contributed by atoms with Crippen LogP contribution in [0.25, 0.3) is 0 Å². The standard InChI is InChI=1S/C15H23IN2O/c1-2-3-4-5-6-11-17-12-15(19)18-14-9-7-13(16)8-10-14/h7-10,17H,2-6,11-12H2,1H3,(H,18,19). The molecule has 0 fully saturated rings. The molecule has 4 heteroatoms. The van der Waals surface area contributed by atoms with Gasteiger partial charge in [-0.25, -0.2) is 0 Å². The lowest BCUT2D eigenvalue weighted by atomic mass is 10.1. The van der Waals surface area contributed by atoms with Crippen molar-refractivity contribution in [2.75, 3.05) is 18.4 Å². The van der Waals surface area contributed by atoms with Crippen molar-refractivity contribution in [2.45, 2.75) is 39.0 Å². The highest BCUT2D eigenvalue weighted by molar-refractivity contribution is 14.1. The third-order valence-electron chi connectivity index (χ3n) is 2.87. The van der Waals surface area contributed by atoms with Crippen molar-refractivity contribution in [3.05, 3.63) is 27.8 Å². The average Bonchev–Trinajstić information content (AvgIpc) is 2.40. The molecule has 0 aliphatic heterocycles. The predicted molar refractivity (Wildman–Crippen MR) is 89.4 cm³/mol. The zero-order valence-electron chi connectivity index (χ0n) is 11.5. The number of amides is 1. The molecule has 2 N–H and O–H groups in total. The lowest BCUT2D eigenvalue weighted by Gasteiger charge is -2.06. The number of carbonyl (C=O) groups excluding carboxylic acids is 1. The van der Waals surface area contributed by atoms with E-state index in [1.54, 1.807) is 0 Å². The molecule has 0 radical (unpaired) electrons. The van der Waals surface area contributed by atoms with Gasteiger partial charge in [0, 0.05) is 9.26 Å². The summed E-state index contributed by atoms with van der Waals surface area (Å²) in [6.45, 7) is 3.52. The van der Waals surface area contributed by atoms with Gasteiger partial charge in [0.25, 0.3) is 0 Å². The number of anilines is 1. The number of unbranched alkanes of at least 4 members (excludes halogenated alkanes) is 4. The normalized spacial score (nSPS) is 10.4. The van der Waals surface area contributed by atoms with E-state index in [0.29, 0.717) is 6.54 Å². The molecule has 1 rings (SSSR count). The summed E-state index contributed by atoms with van der Waals surface area (Å²) in [5, 5.41) is 6.06. The van der Waals surface area contributed by atoms with Crippen LogP contribution in [0.4, 0.5) is 5.69 Å². The monoisotopic (exact) mass is 374 g/mol. The fourth-order valence-electron chi connectivity index (χ4n) is 1.79. The maximum atomic E-state index is 11.7. The number of nitrogens with one attached hydrogen (secondary N) is 2. The first-order valence-corrected chi connectivity index (χ1v) is 8.06. The van der Waals surface area contributed by atoms with Gasteiger partial charge in [-0.3, -0.25) is 4.79 Å². The summed E-state index contributed by atoms with van der Waals surface area (Å²) in [7, 11) is 0. The van der Waals surface area contributed by atoms with Gasteiger partial charge < -0.3 is 10.6 Å². The lowest BCUT2D eigenvalue weighted by Crippen LogP contribution is -2.28. The molecule has 3 nitrogen and oxygen atoms in total. The first-order valence-electron chi connectivity index (χ1n) is 6.98. The molecular weight excluding hydrogens is 351 g/mol. The van der Waals surface area contributed by atoms with Gasteiger partial charge in [0.15, 0.2) is 0 Å². The minimum Gasteiger partial charge on any atom is -0.325 e. The second kappa shape index (κ2) is 10.2. The van der Waals surface area contributed by atoms with Crippen LogP contribution in [0.1, 0.15) is 39.0 Å². The van der Waals surface area contributed by atoms with E-state index in [9.17, 15) is 4.79 Å². The zero-order valence-corrected chi connectivity index (χ0v) is 13.7. The van der Waals surface area contributed by atoms with Gasteiger partial charge in [-0.1, -0.05) is 32.6 Å². The third-order valence-corrected chi connectivity index (χ3v) is 3.59. The van der Waals surface area contributed by atoms with E-state index in [1.165, 1.54) is 29.3 Å². The summed E-state index contributed by atoms with van der Waals surface area (Å²) in [6, 6.07) is 7.81. The molecule has 0 aliphatic rings. The van der Waals surface area contributed by atoms with Crippen LogP contribution >= 0.6 is 22.6 Å².